The van der Waals surface area contributed by atoms with Gasteiger partial charge in [-0.15, -0.1) is 0 Å². The third-order valence-electron chi connectivity index (χ3n) is 6.52. The maximum atomic E-state index is 13.6. The molecule has 0 saturated carbocycles. The monoisotopic (exact) mass is 778 g/mol. The smallest absolute Gasteiger partial charge is 0.471 e. The first kappa shape index (κ1) is 42.1. The molecular formula is C34H24F10N2O8. The Hall–Kier alpha value is -6.34. The van der Waals surface area contributed by atoms with Crippen LogP contribution < -0.4 is 20.1 Å². The van der Waals surface area contributed by atoms with Gasteiger partial charge in [0.25, 0.3) is 0 Å². The molecule has 0 heterocycles. The number of benzene rings is 4. The zero-order chi connectivity index (χ0) is 40.2. The molecule has 2 amide bonds. The molecule has 3 N–H and O–H groups in total. The van der Waals surface area contributed by atoms with Crippen LogP contribution in [0.3, 0.4) is 0 Å². The second-order valence-electron chi connectivity index (χ2n) is 10.5. The van der Waals surface area contributed by atoms with Crippen molar-refractivity contribution in [2.24, 2.45) is 0 Å². The number of aliphatic carboxylic acids is 1. The number of carboxylic acids is 1. The number of carbonyl (C=O) groups excluding carboxylic acids is 3. The molecule has 0 bridgehead atoms. The van der Waals surface area contributed by atoms with Gasteiger partial charge in [0.15, 0.2) is 34.8 Å². The van der Waals surface area contributed by atoms with Gasteiger partial charge in [0.2, 0.25) is 17.5 Å². The van der Waals surface area contributed by atoms with Crippen LogP contribution in [0.25, 0.3) is 0 Å². The Labute approximate surface area is 297 Å². The average Bonchev–Trinajstić information content (AvgIpc) is 3.14. The lowest BCUT2D eigenvalue weighted by molar-refractivity contribution is -0.243. The van der Waals surface area contributed by atoms with Gasteiger partial charge in [0.05, 0.1) is 0 Å². The number of alkyl halides is 4. The number of ether oxygens (including phenoxy) is 3. The summed E-state index contributed by atoms with van der Waals surface area (Å²) in [5, 5.41) is 13.5. The molecule has 0 aromatic heterocycles. The van der Waals surface area contributed by atoms with Crippen molar-refractivity contribution in [3.63, 3.8) is 0 Å². The number of Topliss-reactive ketones (excluding diaryl/α,β-unsaturated/α-hetero) is 1. The van der Waals surface area contributed by atoms with Gasteiger partial charge >= 0.3 is 30.1 Å². The Morgan fingerprint density at radius 1 is 0.630 bits per heavy atom. The van der Waals surface area contributed by atoms with Crippen LogP contribution in [0.1, 0.15) is 11.1 Å². The lowest BCUT2D eigenvalue weighted by Gasteiger charge is -2.22. The molecule has 0 aliphatic rings. The van der Waals surface area contributed by atoms with E-state index in [1.165, 1.54) is 0 Å². The maximum absolute atomic E-state index is 13.6. The SMILES string of the molecule is O=C(C(F)(F)Oc1ccc(F)c(F)c1F)C(F)(F)Oc1ccc(F)c(F)c1F.O=C(O)CNC(=O)[C@H](Cc1ccccc1)NC(=O)OCc1ccccc1. The molecule has 0 unspecified atom stereocenters. The molecule has 4 aromatic carbocycles. The first-order chi connectivity index (χ1) is 25.3. The number of hydrogen-bond acceptors (Lipinski definition) is 7. The number of alkyl carbamates (subject to hydrolysis) is 1. The molecule has 20 heteroatoms. The highest BCUT2D eigenvalue weighted by Crippen LogP contribution is 2.35. The molecule has 0 saturated heterocycles. The summed E-state index contributed by atoms with van der Waals surface area (Å²) in [5.74, 6) is -21.9. The van der Waals surface area contributed by atoms with Crippen LogP contribution in [0, 0.1) is 34.9 Å². The van der Waals surface area contributed by atoms with E-state index in [4.69, 9.17) is 9.84 Å². The van der Waals surface area contributed by atoms with E-state index in [0.29, 0.717) is 0 Å². The first-order valence-electron chi connectivity index (χ1n) is 14.8. The summed E-state index contributed by atoms with van der Waals surface area (Å²) < 4.78 is 144. The van der Waals surface area contributed by atoms with Gasteiger partial charge in [-0.05, 0) is 35.4 Å². The fourth-order valence-corrected chi connectivity index (χ4v) is 3.96. The predicted molar refractivity (Wildman–Crippen MR) is 163 cm³/mol. The summed E-state index contributed by atoms with van der Waals surface area (Å²) in [6.07, 6.45) is -11.7. The van der Waals surface area contributed by atoms with E-state index in [-0.39, 0.29) is 37.3 Å². The highest BCUT2D eigenvalue weighted by molar-refractivity contribution is 5.90. The summed E-state index contributed by atoms with van der Waals surface area (Å²) in [5.41, 5.74) is 1.64. The second kappa shape index (κ2) is 18.4. The molecule has 0 aliphatic heterocycles. The summed E-state index contributed by atoms with van der Waals surface area (Å²) >= 11 is 0. The van der Waals surface area contributed by atoms with Gasteiger partial charge in [-0.1, -0.05) is 60.7 Å². The Morgan fingerprint density at radius 2 is 1.07 bits per heavy atom. The Bertz CT molecular complexity index is 1880. The third-order valence-corrected chi connectivity index (χ3v) is 6.52. The Morgan fingerprint density at radius 3 is 1.52 bits per heavy atom. The third kappa shape index (κ3) is 11.9. The zero-order valence-corrected chi connectivity index (χ0v) is 26.9. The highest BCUT2D eigenvalue weighted by Gasteiger charge is 2.60. The van der Waals surface area contributed by atoms with Crippen LogP contribution in [0.5, 0.6) is 11.5 Å². The van der Waals surface area contributed by atoms with Crippen LogP contribution in [0.4, 0.5) is 48.7 Å². The minimum Gasteiger partial charge on any atom is -0.480 e. The lowest BCUT2D eigenvalue weighted by Crippen LogP contribution is -2.49. The van der Waals surface area contributed by atoms with E-state index in [1.807, 2.05) is 60.7 Å². The van der Waals surface area contributed by atoms with Crippen molar-refractivity contribution in [3.05, 3.63) is 131 Å². The maximum Gasteiger partial charge on any atom is 0.471 e. The molecule has 0 aliphatic carbocycles. The van der Waals surface area contributed by atoms with Gasteiger partial charge in [-0.3, -0.25) is 14.4 Å². The van der Waals surface area contributed by atoms with Crippen molar-refractivity contribution in [2.75, 3.05) is 6.54 Å². The van der Waals surface area contributed by atoms with Gasteiger partial charge in [-0.2, -0.15) is 26.3 Å². The van der Waals surface area contributed by atoms with E-state index in [2.05, 4.69) is 20.1 Å². The van der Waals surface area contributed by atoms with Crippen LogP contribution in [-0.4, -0.2) is 53.7 Å². The van der Waals surface area contributed by atoms with Crippen LogP contribution in [0.2, 0.25) is 0 Å². The Kier molecular flexibility index (Phi) is 14.4. The minimum atomic E-state index is -5.59. The fraction of sp³-hybridized carbons (Fsp3) is 0.176. The summed E-state index contributed by atoms with van der Waals surface area (Å²) in [6.45, 7) is -0.452. The van der Waals surface area contributed by atoms with Crippen molar-refractivity contribution in [1.82, 2.24) is 10.6 Å². The summed E-state index contributed by atoms with van der Waals surface area (Å²) in [6, 6.07) is 17.6. The van der Waals surface area contributed by atoms with Crippen molar-refractivity contribution < 1.29 is 82.4 Å². The highest BCUT2D eigenvalue weighted by atomic mass is 19.3. The Balaban J connectivity index is 0.000000291. The van der Waals surface area contributed by atoms with Crippen LogP contribution in [-0.2, 0) is 32.1 Å². The van der Waals surface area contributed by atoms with E-state index >= 15 is 0 Å². The molecule has 10 nitrogen and oxygen atoms in total. The standard InChI is InChI=1S/C19H20N2O5.C15H4F10O3/c22-17(23)12-20-18(24)16(11-14-7-3-1-4-8-14)21-19(25)26-13-15-9-5-2-6-10-15;16-5-1-3-7(11(20)9(5)18)27-14(22,23)13(26)15(24,25)28-8-4-2-6(17)10(19)12(8)21/h1-10,16H,11-13H2,(H,20,24)(H,21,25)(H,22,23);1-4H/t16-;/m0./s1. The number of nitrogens with one attached hydrogen (secondary N) is 2. The van der Waals surface area contributed by atoms with Crippen molar-refractivity contribution >= 4 is 23.8 Å². The number of hydrogen-bond donors (Lipinski definition) is 3. The fourth-order valence-electron chi connectivity index (χ4n) is 3.96. The minimum absolute atomic E-state index is 0.0709. The summed E-state index contributed by atoms with van der Waals surface area (Å²) in [4.78, 5) is 46.2. The molecule has 54 heavy (non-hydrogen) atoms. The topological polar surface area (TPSA) is 140 Å². The van der Waals surface area contributed by atoms with E-state index in [9.17, 15) is 63.1 Å². The molecule has 4 rings (SSSR count). The van der Waals surface area contributed by atoms with Gasteiger partial charge < -0.3 is 30.0 Å². The number of halogens is 10. The molecule has 288 valence electrons. The number of carboxylic acid groups (broad SMARTS) is 1. The predicted octanol–water partition coefficient (Wildman–Crippen LogP) is 6.46. The normalized spacial score (nSPS) is 11.7. The van der Waals surface area contributed by atoms with Crippen molar-refractivity contribution in [1.29, 1.82) is 0 Å². The van der Waals surface area contributed by atoms with Crippen LogP contribution >= 0.6 is 0 Å². The van der Waals surface area contributed by atoms with Gasteiger partial charge in [-0.25, -0.2) is 22.4 Å². The van der Waals surface area contributed by atoms with Crippen molar-refractivity contribution in [3.8, 4) is 11.5 Å². The van der Waals surface area contributed by atoms with Gasteiger partial charge in [0.1, 0.15) is 19.2 Å². The number of carbonyl (C=O) groups is 4. The number of ketones is 1. The van der Waals surface area contributed by atoms with Gasteiger partial charge in [0, 0.05) is 6.42 Å². The molecular weight excluding hydrogens is 754 g/mol. The quantitative estimate of drug-likeness (QED) is 0.0980. The molecule has 0 fully saturated rings. The first-order valence-corrected chi connectivity index (χ1v) is 14.8. The molecule has 0 radical (unpaired) electrons. The largest absolute Gasteiger partial charge is 0.480 e. The summed E-state index contributed by atoms with van der Waals surface area (Å²) in [7, 11) is 0. The number of amides is 2. The lowest BCUT2D eigenvalue weighted by atomic mass is 10.1. The van der Waals surface area contributed by atoms with Crippen molar-refractivity contribution in [2.45, 2.75) is 31.3 Å². The molecule has 1 atom stereocenters. The van der Waals surface area contributed by atoms with E-state index < -0.39 is 95.0 Å². The van der Waals surface area contributed by atoms with E-state index in [1.54, 1.807) is 0 Å². The molecule has 0 spiro atoms. The second-order valence-corrected chi connectivity index (χ2v) is 10.5. The van der Waals surface area contributed by atoms with Crippen LogP contribution in [0.15, 0.2) is 84.9 Å². The number of rotatable bonds is 14. The average molecular weight is 779 g/mol. The zero-order valence-electron chi connectivity index (χ0n) is 26.9. The molecule has 4 aromatic rings. The van der Waals surface area contributed by atoms with E-state index in [0.717, 1.165) is 11.1 Å².